The molecule has 0 unspecified atom stereocenters. The van der Waals surface area contributed by atoms with E-state index in [9.17, 15) is 16.8 Å². The SMILES string of the molecule is O=S(=O)(NCc1ccco1)c1cccc(NS(=O)(=O)c2cccc(Br)c2)c1. The first kappa shape index (κ1) is 19.6. The summed E-state index contributed by atoms with van der Waals surface area (Å²) in [6.45, 7) is -0.0106. The third-order valence-corrected chi connectivity index (χ3v) is 6.79. The van der Waals surface area contributed by atoms with Gasteiger partial charge in [-0.05, 0) is 48.5 Å². The van der Waals surface area contributed by atoms with Gasteiger partial charge in [-0.3, -0.25) is 4.72 Å². The summed E-state index contributed by atoms with van der Waals surface area (Å²) in [5.74, 6) is 0.463. The van der Waals surface area contributed by atoms with Gasteiger partial charge in [-0.2, -0.15) is 0 Å². The van der Waals surface area contributed by atoms with Crippen molar-refractivity contribution in [3.63, 3.8) is 0 Å². The lowest BCUT2D eigenvalue weighted by Crippen LogP contribution is -2.23. The zero-order valence-electron chi connectivity index (χ0n) is 13.8. The fourth-order valence-corrected chi connectivity index (χ4v) is 4.92. The van der Waals surface area contributed by atoms with Crippen LogP contribution in [-0.4, -0.2) is 16.8 Å². The molecular weight excluding hydrogens is 456 g/mol. The third-order valence-electron chi connectivity index (χ3n) is 3.52. The van der Waals surface area contributed by atoms with Gasteiger partial charge in [0, 0.05) is 4.47 Å². The minimum Gasteiger partial charge on any atom is -0.468 e. The average molecular weight is 471 g/mol. The molecule has 0 fully saturated rings. The van der Waals surface area contributed by atoms with Gasteiger partial charge in [0.1, 0.15) is 5.76 Å². The summed E-state index contributed by atoms with van der Waals surface area (Å²) in [7, 11) is -7.69. The van der Waals surface area contributed by atoms with E-state index in [1.807, 2.05) is 0 Å². The maximum absolute atomic E-state index is 12.5. The summed E-state index contributed by atoms with van der Waals surface area (Å²) >= 11 is 3.22. The first-order valence-electron chi connectivity index (χ1n) is 7.67. The van der Waals surface area contributed by atoms with Gasteiger partial charge >= 0.3 is 0 Å². The Morgan fingerprint density at radius 1 is 0.852 bits per heavy atom. The lowest BCUT2D eigenvalue weighted by atomic mass is 10.3. The van der Waals surface area contributed by atoms with E-state index >= 15 is 0 Å². The Morgan fingerprint density at radius 2 is 1.56 bits per heavy atom. The van der Waals surface area contributed by atoms with E-state index in [-0.39, 0.29) is 22.0 Å². The number of anilines is 1. The van der Waals surface area contributed by atoms with Crippen LogP contribution in [0.1, 0.15) is 5.76 Å². The van der Waals surface area contributed by atoms with E-state index in [0.717, 1.165) is 0 Å². The Kier molecular flexibility index (Phi) is 5.70. The van der Waals surface area contributed by atoms with Crippen LogP contribution in [-0.2, 0) is 26.6 Å². The molecule has 3 rings (SSSR count). The van der Waals surface area contributed by atoms with Crippen molar-refractivity contribution < 1.29 is 21.3 Å². The van der Waals surface area contributed by atoms with Crippen LogP contribution in [0.15, 0.2) is 85.6 Å². The molecule has 0 amide bonds. The molecule has 7 nitrogen and oxygen atoms in total. The van der Waals surface area contributed by atoms with Crippen molar-refractivity contribution in [1.29, 1.82) is 0 Å². The molecule has 1 heterocycles. The maximum Gasteiger partial charge on any atom is 0.261 e. The fourth-order valence-electron chi connectivity index (χ4n) is 2.24. The van der Waals surface area contributed by atoms with Gasteiger partial charge in [-0.15, -0.1) is 0 Å². The zero-order valence-corrected chi connectivity index (χ0v) is 17.0. The number of furan rings is 1. The van der Waals surface area contributed by atoms with Crippen molar-refractivity contribution in [2.24, 2.45) is 0 Å². The van der Waals surface area contributed by atoms with E-state index in [1.54, 1.807) is 24.3 Å². The van der Waals surface area contributed by atoms with Crippen LogP contribution >= 0.6 is 15.9 Å². The molecule has 0 spiro atoms. The minimum absolute atomic E-state index is 0.0106. The molecule has 0 saturated carbocycles. The Morgan fingerprint density at radius 3 is 2.22 bits per heavy atom. The van der Waals surface area contributed by atoms with Gasteiger partial charge < -0.3 is 4.42 Å². The lowest BCUT2D eigenvalue weighted by Gasteiger charge is -2.10. The molecule has 0 aliphatic heterocycles. The van der Waals surface area contributed by atoms with Crippen LogP contribution in [0.4, 0.5) is 5.69 Å². The van der Waals surface area contributed by atoms with E-state index in [1.165, 1.54) is 42.7 Å². The smallest absolute Gasteiger partial charge is 0.261 e. The minimum atomic E-state index is -3.86. The van der Waals surface area contributed by atoms with Gasteiger partial charge in [0.15, 0.2) is 0 Å². The van der Waals surface area contributed by atoms with E-state index in [2.05, 4.69) is 25.4 Å². The lowest BCUT2D eigenvalue weighted by molar-refractivity contribution is 0.498. The molecule has 142 valence electrons. The largest absolute Gasteiger partial charge is 0.468 e. The molecule has 1 aromatic heterocycles. The first-order chi connectivity index (χ1) is 12.8. The monoisotopic (exact) mass is 470 g/mol. The number of hydrogen-bond donors (Lipinski definition) is 2. The highest BCUT2D eigenvalue weighted by Gasteiger charge is 2.18. The number of sulfonamides is 2. The highest BCUT2D eigenvalue weighted by atomic mass is 79.9. The van der Waals surface area contributed by atoms with Crippen molar-refractivity contribution >= 4 is 41.7 Å². The second-order valence-corrected chi connectivity index (χ2v) is 9.86. The van der Waals surface area contributed by atoms with Crippen LogP contribution in [0.25, 0.3) is 0 Å². The van der Waals surface area contributed by atoms with Gasteiger partial charge in [0.05, 0.1) is 28.3 Å². The highest BCUT2D eigenvalue weighted by molar-refractivity contribution is 9.10. The van der Waals surface area contributed by atoms with Crippen molar-refractivity contribution in [3.05, 3.63) is 77.2 Å². The summed E-state index contributed by atoms with van der Waals surface area (Å²) in [6, 6.07) is 15.1. The van der Waals surface area contributed by atoms with Crippen molar-refractivity contribution in [2.75, 3.05) is 4.72 Å². The highest BCUT2D eigenvalue weighted by Crippen LogP contribution is 2.21. The fraction of sp³-hybridized carbons (Fsp3) is 0.0588. The van der Waals surface area contributed by atoms with Crippen molar-refractivity contribution in [3.8, 4) is 0 Å². The maximum atomic E-state index is 12.5. The predicted octanol–water partition coefficient (Wildman–Crippen LogP) is 3.32. The Labute approximate surface area is 165 Å². The summed E-state index contributed by atoms with van der Waals surface area (Å²) in [5.41, 5.74) is 0.135. The molecule has 2 aromatic carbocycles. The van der Waals surface area contributed by atoms with Crippen LogP contribution in [0.2, 0.25) is 0 Å². The summed E-state index contributed by atoms with van der Waals surface area (Å²) in [4.78, 5) is -0.00965. The molecule has 0 bridgehead atoms. The standard InChI is InChI=1S/C17H15BrN2O5S2/c18-13-4-1-7-16(10-13)27(23,24)20-14-5-2-8-17(11-14)26(21,22)19-12-15-6-3-9-25-15/h1-11,19-20H,12H2. The molecule has 0 radical (unpaired) electrons. The number of rotatable bonds is 7. The molecule has 2 N–H and O–H groups in total. The topological polar surface area (TPSA) is 105 Å². The second-order valence-electron chi connectivity index (χ2n) is 5.49. The van der Waals surface area contributed by atoms with Gasteiger partial charge in [0.25, 0.3) is 10.0 Å². The van der Waals surface area contributed by atoms with Crippen LogP contribution in [0.5, 0.6) is 0 Å². The summed E-state index contributed by atoms with van der Waals surface area (Å²) in [5, 5.41) is 0. The van der Waals surface area contributed by atoms with Crippen molar-refractivity contribution in [1.82, 2.24) is 4.72 Å². The van der Waals surface area contributed by atoms with Crippen LogP contribution in [0, 0.1) is 0 Å². The van der Waals surface area contributed by atoms with Gasteiger partial charge in [-0.25, -0.2) is 21.6 Å². The Hall–Kier alpha value is -2.14. The van der Waals surface area contributed by atoms with E-state index < -0.39 is 20.0 Å². The number of benzene rings is 2. The number of hydrogen-bond acceptors (Lipinski definition) is 5. The zero-order chi connectivity index (χ0) is 19.5. The quantitative estimate of drug-likeness (QED) is 0.550. The molecular formula is C17H15BrN2O5S2. The summed E-state index contributed by atoms with van der Waals surface area (Å²) < 4.78 is 60.3. The van der Waals surface area contributed by atoms with Gasteiger partial charge in [-0.1, -0.05) is 28.1 Å². The molecule has 0 aliphatic rings. The second kappa shape index (κ2) is 7.85. The number of halogens is 1. The molecule has 0 saturated heterocycles. The third kappa shape index (κ3) is 4.98. The van der Waals surface area contributed by atoms with E-state index in [0.29, 0.717) is 10.2 Å². The summed E-state index contributed by atoms with van der Waals surface area (Å²) in [6.07, 6.45) is 1.45. The Bertz CT molecular complexity index is 1140. The predicted molar refractivity (Wildman–Crippen MR) is 104 cm³/mol. The van der Waals surface area contributed by atoms with E-state index in [4.69, 9.17) is 4.42 Å². The molecule has 27 heavy (non-hydrogen) atoms. The normalized spacial score (nSPS) is 12.0. The molecule has 3 aromatic rings. The van der Waals surface area contributed by atoms with Crippen molar-refractivity contribution in [2.45, 2.75) is 16.3 Å². The number of nitrogens with one attached hydrogen (secondary N) is 2. The average Bonchev–Trinajstić information content (AvgIpc) is 3.14. The Balaban J connectivity index is 1.80. The van der Waals surface area contributed by atoms with Gasteiger partial charge in [0.2, 0.25) is 10.0 Å². The van der Waals surface area contributed by atoms with Crippen LogP contribution < -0.4 is 9.44 Å². The molecule has 0 aliphatic carbocycles. The molecule has 0 atom stereocenters. The van der Waals surface area contributed by atoms with Crippen LogP contribution in [0.3, 0.4) is 0 Å². The first-order valence-corrected chi connectivity index (χ1v) is 11.4. The molecule has 10 heteroatoms.